The molecule has 424 valence electrons. The molecule has 0 unspecified atom stereocenters. The smallest absolute Gasteiger partial charge is 0.339 e. The Morgan fingerprint density at radius 1 is 0.793 bits per heavy atom. The van der Waals surface area contributed by atoms with Crippen molar-refractivity contribution >= 4 is 84.9 Å². The number of rotatable bonds is 6. The van der Waals surface area contributed by atoms with Gasteiger partial charge in [-0.1, -0.05) is 11.6 Å². The van der Waals surface area contributed by atoms with Gasteiger partial charge in [0.2, 0.25) is 0 Å². The molecule has 0 bridgehead atoms. The van der Waals surface area contributed by atoms with Gasteiger partial charge in [0.25, 0.3) is 5.56 Å². The van der Waals surface area contributed by atoms with Gasteiger partial charge in [-0.2, -0.15) is 41.4 Å². The number of aromatic nitrogens is 13. The number of fused-ring (bicyclic) bond motifs is 3. The van der Waals surface area contributed by atoms with Crippen LogP contribution in [0.3, 0.4) is 0 Å². The monoisotopic (exact) mass is 1220 g/mol. The predicted molar refractivity (Wildman–Crippen MR) is 294 cm³/mol. The van der Waals surface area contributed by atoms with Crippen molar-refractivity contribution in [2.24, 2.45) is 0 Å². The summed E-state index contributed by atoms with van der Waals surface area (Å²) >= 11 is 19.5. The minimum atomic E-state index is -3.22. The van der Waals surface area contributed by atoms with Crippen LogP contribution in [0.25, 0.3) is 16.9 Å². The molecule has 0 saturated carbocycles. The number of hydrogen-bond acceptors (Lipinski definition) is 19. The second-order valence-corrected chi connectivity index (χ2v) is 23.5. The quantitative estimate of drug-likeness (QED) is 0.0396. The Hall–Kier alpha value is -8.99. The van der Waals surface area contributed by atoms with Crippen LogP contribution in [0.5, 0.6) is 0 Å². The lowest BCUT2D eigenvalue weighted by molar-refractivity contribution is -0.112. The zero-order chi connectivity index (χ0) is 59.9. The van der Waals surface area contributed by atoms with Gasteiger partial charge in [-0.3, -0.25) is 29.2 Å². The van der Waals surface area contributed by atoms with Crippen LogP contribution in [-0.4, -0.2) is 102 Å². The molecule has 0 radical (unpaired) electrons. The van der Waals surface area contributed by atoms with Gasteiger partial charge >= 0.3 is 5.20 Å². The minimum Gasteiger partial charge on any atom is -0.501 e. The molecule has 24 nitrogen and oxygen atoms in total. The van der Waals surface area contributed by atoms with E-state index in [1.54, 1.807) is 35.6 Å². The van der Waals surface area contributed by atoms with Crippen LogP contribution < -0.4 is 21.5 Å². The van der Waals surface area contributed by atoms with E-state index in [-0.39, 0.29) is 42.2 Å². The molecule has 2 fully saturated rings. The van der Waals surface area contributed by atoms with Gasteiger partial charge in [-0.25, -0.2) is 41.1 Å². The van der Waals surface area contributed by atoms with Gasteiger partial charge in [-0.15, -0.1) is 0 Å². The molecule has 5 N–H and O–H groups in total. The number of nitriles is 4. The molecular formula is C49H43Cl4F4N20O4P. The molecule has 0 amide bonds. The van der Waals surface area contributed by atoms with Crippen LogP contribution in [0.15, 0.2) is 116 Å². The molecule has 11 rings (SSSR count). The summed E-state index contributed by atoms with van der Waals surface area (Å²) in [6.45, 7) is 4.46. The lowest BCUT2D eigenvalue weighted by atomic mass is 10.1. The number of aromatic amines is 2. The lowest BCUT2D eigenvalue weighted by Crippen LogP contribution is -2.25. The third-order valence-electron chi connectivity index (χ3n) is 10.7. The second-order valence-electron chi connectivity index (χ2n) is 16.4. The fourth-order valence-corrected chi connectivity index (χ4v) is 7.29. The Morgan fingerprint density at radius 3 is 1.89 bits per heavy atom. The van der Waals surface area contributed by atoms with Gasteiger partial charge in [0.1, 0.15) is 87.3 Å². The number of ether oxygens (including phenoxy) is 1. The van der Waals surface area contributed by atoms with Crippen LogP contribution in [0.2, 0.25) is 5.15 Å². The van der Waals surface area contributed by atoms with Crippen LogP contribution in [-0.2, 0) is 14.1 Å². The first-order chi connectivity index (χ1) is 39.1. The zero-order valence-electron chi connectivity index (χ0n) is 42.6. The fourth-order valence-electron chi connectivity index (χ4n) is 7.16. The number of allylic oxidation sites excluding steroid dienone is 1. The van der Waals surface area contributed by atoms with Crippen molar-refractivity contribution < 1.29 is 31.7 Å². The Kier molecular flexibility index (Phi) is 24.2. The first-order valence-electron chi connectivity index (χ1n) is 23.4. The van der Waals surface area contributed by atoms with Crippen molar-refractivity contribution in [3.63, 3.8) is 0 Å². The Balaban J connectivity index is 0.000000186. The number of anilines is 2. The summed E-state index contributed by atoms with van der Waals surface area (Å²) in [7, 11) is 0. The first kappa shape index (κ1) is 63.8. The molecule has 2 aliphatic rings. The summed E-state index contributed by atoms with van der Waals surface area (Å²) in [5, 5.41) is 52.4. The molecule has 2 saturated heterocycles. The van der Waals surface area contributed by atoms with Gasteiger partial charge in [0.15, 0.2) is 22.7 Å². The molecule has 0 aliphatic carbocycles. The van der Waals surface area contributed by atoms with Crippen LogP contribution in [0.4, 0.5) is 29.2 Å². The van der Waals surface area contributed by atoms with Crippen molar-refractivity contribution in [1.82, 2.24) is 69.3 Å². The van der Waals surface area contributed by atoms with E-state index in [0.717, 1.165) is 18.0 Å². The SMILES string of the molecule is CCO/C=C/C(C)=O.Fc1cncc([C@H]2C[C@H](F)CN2)c1.N#Cc1cn[nH]c1N.N#Cc1cnn2ccc(=O)[nH]c12.N#Cc1cnn2ccc(Cl)nc12.N#Cc1cnn2ccc(N3C[C@@H](F)C[C@@H]3c3cncc(F)c3)nc12.O=P(Cl)(Cl)Cl. The highest BCUT2D eigenvalue weighted by Gasteiger charge is 2.35. The van der Waals surface area contributed by atoms with E-state index in [1.165, 1.54) is 88.2 Å². The Labute approximate surface area is 481 Å². The zero-order valence-corrected chi connectivity index (χ0v) is 46.5. The number of pyridine rings is 2. The number of nitrogens with one attached hydrogen (secondary N) is 3. The molecule has 11 heterocycles. The third kappa shape index (κ3) is 19.7. The molecule has 82 heavy (non-hydrogen) atoms. The molecule has 0 spiro atoms. The average molecular weight is 1220 g/mol. The molecule has 9 aromatic heterocycles. The summed E-state index contributed by atoms with van der Waals surface area (Å²) in [5.74, 6) is 0.0298. The summed E-state index contributed by atoms with van der Waals surface area (Å²) < 4.78 is 71.7. The van der Waals surface area contributed by atoms with E-state index in [2.05, 4.69) is 89.5 Å². The number of nitrogens with two attached hydrogens (primary N) is 1. The largest absolute Gasteiger partial charge is 0.501 e. The number of H-pyrrole nitrogens is 2. The number of nitrogens with zero attached hydrogens (tertiary/aromatic N) is 16. The van der Waals surface area contributed by atoms with Crippen LogP contribution >= 0.6 is 50.5 Å². The number of alkyl halides is 2. The number of hydrogen-bond donors (Lipinski definition) is 4. The van der Waals surface area contributed by atoms with Gasteiger partial charge in [-0.05, 0) is 89.4 Å². The molecule has 4 atom stereocenters. The van der Waals surface area contributed by atoms with E-state index < -0.39 is 23.4 Å². The second kappa shape index (κ2) is 31.1. The van der Waals surface area contributed by atoms with Gasteiger partial charge in [0, 0.05) is 62.1 Å². The minimum absolute atomic E-state index is 0.0125. The standard InChI is InChI=1S/C16H12F2N6.C9H10F2N2.C7H3ClN4.C7H4N4O.C6H10O2.C4H4N4.Cl3OP/c17-12-3-10(6-20-8-12)14-4-13(18)9-23(14)15-1-2-24-16(22-15)11(5-19)7-21-24;10-7-1-6(3-12-4-7)9-2-8(11)5-13-9;8-6-1-2-12-7(11-6)5(3-9)4-10-12;8-3-5-4-9-11-2-1-6(12)10-7(5)11;1-3-8-5-4-6(2)7;5-1-3-2-7-8-4(3)6;1-5(2,3)4/h1-3,6-8,13-14H,4,9H2;1,3-4,8-9,13H,2,5H2;1-2,4H;1-2,4H,(H,10,12);4-5H,3H2,1-2H3;2H,(H3,6,7,8);/b;;;;5-4+;;/t13-,14+;8-,9+;;;;;/m00...../s1. The highest BCUT2D eigenvalue weighted by atomic mass is 36.0. The summed E-state index contributed by atoms with van der Waals surface area (Å²) in [6.07, 6.45) is 17.5. The van der Waals surface area contributed by atoms with Crippen LogP contribution in [0, 0.1) is 57.0 Å². The van der Waals surface area contributed by atoms with Gasteiger partial charge < -0.3 is 25.7 Å². The van der Waals surface area contributed by atoms with Crippen molar-refractivity contribution in [2.45, 2.75) is 51.1 Å². The lowest BCUT2D eigenvalue weighted by Gasteiger charge is -2.25. The van der Waals surface area contributed by atoms with E-state index in [1.807, 2.05) is 31.2 Å². The molecule has 9 aromatic rings. The number of ketones is 1. The highest BCUT2D eigenvalue weighted by molar-refractivity contribution is 8.24. The Bertz CT molecular complexity index is 3910. The summed E-state index contributed by atoms with van der Waals surface area (Å²) in [6, 6.07) is 14.8. The first-order valence-corrected chi connectivity index (χ1v) is 28.2. The molecule has 2 aliphatic heterocycles. The van der Waals surface area contributed by atoms with Crippen LogP contribution in [0.1, 0.15) is 72.2 Å². The third-order valence-corrected chi connectivity index (χ3v) is 10.9. The van der Waals surface area contributed by atoms with Crippen molar-refractivity contribution in [1.29, 1.82) is 21.0 Å². The van der Waals surface area contributed by atoms with Gasteiger partial charge in [0.05, 0.1) is 62.6 Å². The fraction of sp³-hybridized carbons (Fsp3) is 0.224. The van der Waals surface area contributed by atoms with E-state index in [9.17, 15) is 31.7 Å². The summed E-state index contributed by atoms with van der Waals surface area (Å²) in [5.41, 5.74) is 9.17. The number of nitrogen functional groups attached to an aromatic ring is 1. The molecule has 0 aromatic carbocycles. The maximum absolute atomic E-state index is 14.0. The van der Waals surface area contributed by atoms with Crippen molar-refractivity contribution in [3.8, 4) is 24.3 Å². The predicted octanol–water partition coefficient (Wildman–Crippen LogP) is 8.97. The maximum Gasteiger partial charge on any atom is 0.339 e. The molecule has 33 heteroatoms. The average Bonchev–Trinajstić information content (AvgIpc) is 4.45. The van der Waals surface area contributed by atoms with Crippen molar-refractivity contribution in [3.05, 3.63) is 171 Å². The summed E-state index contributed by atoms with van der Waals surface area (Å²) in [4.78, 5) is 41.2. The maximum atomic E-state index is 14.0. The Morgan fingerprint density at radius 2 is 1.35 bits per heavy atom. The van der Waals surface area contributed by atoms with E-state index >= 15 is 0 Å². The normalized spacial score (nSPS) is 15.8. The van der Waals surface area contributed by atoms with E-state index in [0.29, 0.717) is 81.1 Å². The molecular weight excluding hydrogens is 1180 g/mol. The van der Waals surface area contributed by atoms with Crippen molar-refractivity contribution in [2.75, 3.05) is 30.3 Å². The van der Waals surface area contributed by atoms with E-state index in [4.69, 9.17) is 43.1 Å². The number of carbonyl (C=O) groups excluding carboxylic acids is 1. The topological polar surface area (TPSA) is 345 Å². The number of halogens is 8. The number of carbonyl (C=O) groups is 1. The highest BCUT2D eigenvalue weighted by Crippen LogP contribution is 2.61.